The van der Waals surface area contributed by atoms with Gasteiger partial charge in [-0.15, -0.1) is 11.3 Å². The number of anilines is 2. The lowest BCUT2D eigenvalue weighted by Crippen LogP contribution is -2.28. The number of thiazole rings is 1. The molecule has 3 rings (SSSR count). The number of rotatable bonds is 6. The Morgan fingerprint density at radius 2 is 1.88 bits per heavy atom. The topological polar surface area (TPSA) is 114 Å². The second kappa shape index (κ2) is 9.12. The number of hydrogen-bond acceptors (Lipinski definition) is 7. The highest BCUT2D eigenvalue weighted by Crippen LogP contribution is 2.35. The average molecular weight is 488 g/mol. The number of hydrogen-bond donors (Lipinski definition) is 3. The number of amides is 2. The zero-order valence-corrected chi connectivity index (χ0v) is 18.5. The fourth-order valence-electron chi connectivity index (χ4n) is 2.68. The molecule has 0 aromatic carbocycles. The minimum atomic E-state index is -4.69. The van der Waals surface area contributed by atoms with E-state index in [-0.39, 0.29) is 16.6 Å². The minimum absolute atomic E-state index is 0.129. The van der Waals surface area contributed by atoms with Gasteiger partial charge in [-0.05, 0) is 13.0 Å². The van der Waals surface area contributed by atoms with E-state index in [9.17, 15) is 22.8 Å². The third kappa shape index (κ3) is 4.99. The van der Waals surface area contributed by atoms with Crippen molar-refractivity contribution in [2.45, 2.75) is 19.1 Å². The highest BCUT2D eigenvalue weighted by molar-refractivity contribution is 7.13. The van der Waals surface area contributed by atoms with Crippen molar-refractivity contribution in [3.05, 3.63) is 50.8 Å². The molecule has 2 amide bonds. The van der Waals surface area contributed by atoms with Crippen molar-refractivity contribution in [1.82, 2.24) is 24.8 Å². The molecule has 0 saturated heterocycles. The standard InChI is InChI=1S/C18H17ClF3N7O2S/c1-8(27-14(30)11-6-26-17(23-2)29(11)3)16-25-7-12(32-16)15(31)28-13-4-9(18(20,21)22)10(19)5-24-13/h4-8H,1-3H3,(H,23,26)(H,27,30)(H,24,28,31). The first-order valence-corrected chi connectivity index (χ1v) is 10.2. The molecule has 170 valence electrons. The molecule has 14 heteroatoms. The molecule has 9 nitrogen and oxygen atoms in total. The van der Waals surface area contributed by atoms with Gasteiger partial charge in [-0.3, -0.25) is 9.59 Å². The molecular formula is C18H17ClF3N7O2S. The van der Waals surface area contributed by atoms with Gasteiger partial charge in [-0.1, -0.05) is 11.6 Å². The lowest BCUT2D eigenvalue weighted by Gasteiger charge is -2.12. The lowest BCUT2D eigenvalue weighted by atomic mass is 10.2. The first-order chi connectivity index (χ1) is 15.0. The Bertz CT molecular complexity index is 1160. The maximum absolute atomic E-state index is 13.0. The third-order valence-electron chi connectivity index (χ3n) is 4.31. The normalized spacial score (nSPS) is 12.3. The van der Waals surface area contributed by atoms with Crippen LogP contribution in [0, 0.1) is 0 Å². The van der Waals surface area contributed by atoms with Crippen LogP contribution >= 0.6 is 22.9 Å². The number of nitrogens with one attached hydrogen (secondary N) is 3. The molecule has 0 aliphatic heterocycles. The van der Waals surface area contributed by atoms with Crippen molar-refractivity contribution < 1.29 is 22.8 Å². The Kier molecular flexibility index (Phi) is 6.69. The maximum Gasteiger partial charge on any atom is 0.418 e. The molecule has 0 fully saturated rings. The molecule has 3 aromatic heterocycles. The van der Waals surface area contributed by atoms with Gasteiger partial charge >= 0.3 is 6.18 Å². The zero-order valence-electron chi connectivity index (χ0n) is 16.9. The Hall–Kier alpha value is -3.19. The summed E-state index contributed by atoms with van der Waals surface area (Å²) in [6.07, 6.45) is -1.19. The van der Waals surface area contributed by atoms with Crippen LogP contribution in [0.2, 0.25) is 5.02 Å². The van der Waals surface area contributed by atoms with Crippen molar-refractivity contribution in [1.29, 1.82) is 0 Å². The number of carbonyl (C=O) groups is 2. The molecule has 0 saturated carbocycles. The monoisotopic (exact) mass is 487 g/mol. The molecular weight excluding hydrogens is 471 g/mol. The summed E-state index contributed by atoms with van der Waals surface area (Å²) >= 11 is 6.51. The molecule has 1 atom stereocenters. The molecule has 0 aliphatic rings. The molecule has 0 aliphatic carbocycles. The number of imidazole rings is 1. The summed E-state index contributed by atoms with van der Waals surface area (Å²) in [4.78, 5) is 36.9. The number of nitrogens with zero attached hydrogens (tertiary/aromatic N) is 4. The second-order valence-electron chi connectivity index (χ2n) is 6.54. The van der Waals surface area contributed by atoms with Crippen LogP contribution in [0.15, 0.2) is 24.7 Å². The summed E-state index contributed by atoms with van der Waals surface area (Å²) < 4.78 is 40.5. The Morgan fingerprint density at radius 3 is 2.50 bits per heavy atom. The highest BCUT2D eigenvalue weighted by atomic mass is 35.5. The molecule has 3 N–H and O–H groups in total. The van der Waals surface area contributed by atoms with Gasteiger partial charge in [0.2, 0.25) is 5.95 Å². The first kappa shape index (κ1) is 23.5. The largest absolute Gasteiger partial charge is 0.418 e. The SMILES string of the molecule is CNc1ncc(C(=O)NC(C)c2ncc(C(=O)Nc3cc(C(F)(F)F)c(Cl)cn3)s2)n1C. The smallest absolute Gasteiger partial charge is 0.359 e. The van der Waals surface area contributed by atoms with Gasteiger partial charge < -0.3 is 20.5 Å². The number of alkyl halides is 3. The van der Waals surface area contributed by atoms with E-state index in [1.54, 1.807) is 25.6 Å². The maximum atomic E-state index is 13.0. The van der Waals surface area contributed by atoms with Crippen molar-refractivity contribution >= 4 is 46.5 Å². The van der Waals surface area contributed by atoms with Crippen LogP contribution in [-0.2, 0) is 13.2 Å². The van der Waals surface area contributed by atoms with Crippen LogP contribution in [0.3, 0.4) is 0 Å². The van der Waals surface area contributed by atoms with E-state index in [1.165, 1.54) is 12.4 Å². The molecule has 0 bridgehead atoms. The minimum Gasteiger partial charge on any atom is -0.359 e. The Labute approximate surface area is 189 Å². The van der Waals surface area contributed by atoms with Gasteiger partial charge in [0, 0.05) is 20.3 Å². The van der Waals surface area contributed by atoms with Crippen LogP contribution in [-0.4, -0.2) is 38.4 Å². The second-order valence-corrected chi connectivity index (χ2v) is 8.00. The number of carbonyl (C=O) groups excluding carboxylic acids is 2. The van der Waals surface area contributed by atoms with Crippen molar-refractivity contribution in [2.24, 2.45) is 7.05 Å². The molecule has 3 heterocycles. The van der Waals surface area contributed by atoms with E-state index in [0.29, 0.717) is 22.7 Å². The number of pyridine rings is 1. The van der Waals surface area contributed by atoms with Gasteiger partial charge in [0.25, 0.3) is 11.8 Å². The van der Waals surface area contributed by atoms with E-state index in [1.807, 2.05) is 0 Å². The summed E-state index contributed by atoms with van der Waals surface area (Å²) in [6, 6.07) is 0.116. The van der Waals surface area contributed by atoms with Gasteiger partial charge in [0.15, 0.2) is 0 Å². The summed E-state index contributed by atoms with van der Waals surface area (Å²) in [5.41, 5.74) is -0.785. The Morgan fingerprint density at radius 1 is 1.16 bits per heavy atom. The van der Waals surface area contributed by atoms with Crippen LogP contribution in [0.5, 0.6) is 0 Å². The van der Waals surface area contributed by atoms with E-state index >= 15 is 0 Å². The van der Waals surface area contributed by atoms with E-state index < -0.39 is 28.7 Å². The number of aromatic nitrogens is 4. The van der Waals surface area contributed by atoms with Gasteiger partial charge in [-0.2, -0.15) is 13.2 Å². The highest BCUT2D eigenvalue weighted by Gasteiger charge is 2.34. The fourth-order valence-corrected chi connectivity index (χ4v) is 3.71. The van der Waals surface area contributed by atoms with E-state index in [2.05, 4.69) is 30.9 Å². The molecule has 1 unspecified atom stereocenters. The summed E-state index contributed by atoms with van der Waals surface area (Å²) in [7, 11) is 3.36. The Balaban J connectivity index is 1.69. The van der Waals surface area contributed by atoms with Gasteiger partial charge in [-0.25, -0.2) is 15.0 Å². The molecule has 0 spiro atoms. The average Bonchev–Trinajstić information content (AvgIpc) is 3.35. The molecule has 32 heavy (non-hydrogen) atoms. The van der Waals surface area contributed by atoms with E-state index in [0.717, 1.165) is 17.5 Å². The van der Waals surface area contributed by atoms with Crippen LogP contribution in [0.1, 0.15) is 43.7 Å². The van der Waals surface area contributed by atoms with Crippen LogP contribution in [0.25, 0.3) is 0 Å². The third-order valence-corrected chi connectivity index (χ3v) is 5.79. The van der Waals surface area contributed by atoms with Crippen LogP contribution < -0.4 is 16.0 Å². The summed E-state index contributed by atoms with van der Waals surface area (Å²) in [5.74, 6) is -0.874. The first-order valence-electron chi connectivity index (χ1n) is 9.01. The quantitative estimate of drug-likeness (QED) is 0.488. The zero-order chi connectivity index (χ0) is 23.6. The fraction of sp³-hybridized carbons (Fsp3) is 0.278. The lowest BCUT2D eigenvalue weighted by molar-refractivity contribution is -0.137. The van der Waals surface area contributed by atoms with Gasteiger partial charge in [0.1, 0.15) is 21.4 Å². The molecule has 3 aromatic rings. The number of halogens is 4. The van der Waals surface area contributed by atoms with Crippen molar-refractivity contribution in [3.8, 4) is 0 Å². The molecule has 0 radical (unpaired) electrons. The van der Waals surface area contributed by atoms with Crippen LogP contribution in [0.4, 0.5) is 24.9 Å². The predicted octanol–water partition coefficient (Wildman–Crippen LogP) is 3.73. The predicted molar refractivity (Wildman–Crippen MR) is 113 cm³/mol. The summed E-state index contributed by atoms with van der Waals surface area (Å²) in [5, 5.41) is 7.75. The van der Waals surface area contributed by atoms with Gasteiger partial charge in [0.05, 0.1) is 29.0 Å². The van der Waals surface area contributed by atoms with E-state index in [4.69, 9.17) is 11.6 Å². The summed E-state index contributed by atoms with van der Waals surface area (Å²) in [6.45, 7) is 1.68. The van der Waals surface area contributed by atoms with Crippen molar-refractivity contribution in [3.63, 3.8) is 0 Å². The van der Waals surface area contributed by atoms with Crippen molar-refractivity contribution in [2.75, 3.05) is 17.7 Å².